The molecule has 122 valence electrons. The summed E-state index contributed by atoms with van der Waals surface area (Å²) >= 11 is 5.86. The molecule has 0 aliphatic heterocycles. The van der Waals surface area contributed by atoms with Crippen molar-refractivity contribution in [3.63, 3.8) is 0 Å². The molecular formula is C18H16ClN3O2. The minimum atomic E-state index is -0.341. The number of hydrazone groups is 1. The van der Waals surface area contributed by atoms with Gasteiger partial charge < -0.3 is 9.30 Å². The zero-order chi connectivity index (χ0) is 16.9. The fraction of sp³-hybridized carbons (Fsp3) is 0.111. The van der Waals surface area contributed by atoms with Gasteiger partial charge in [0, 0.05) is 34.7 Å². The first-order valence-electron chi connectivity index (χ1n) is 7.38. The van der Waals surface area contributed by atoms with Crippen LogP contribution in [0.15, 0.2) is 59.8 Å². The molecule has 0 spiro atoms. The van der Waals surface area contributed by atoms with Crippen LogP contribution in [0, 0.1) is 0 Å². The number of nitrogens with zero attached hydrogens (tertiary/aromatic N) is 2. The third-order valence-electron chi connectivity index (χ3n) is 3.49. The van der Waals surface area contributed by atoms with Gasteiger partial charge in [-0.3, -0.25) is 4.79 Å². The van der Waals surface area contributed by atoms with Gasteiger partial charge >= 0.3 is 0 Å². The molecule has 3 aromatic rings. The van der Waals surface area contributed by atoms with Crippen molar-refractivity contribution in [3.05, 3.63) is 65.3 Å². The Morgan fingerprint density at radius 2 is 2.12 bits per heavy atom. The molecule has 1 aromatic heterocycles. The Labute approximate surface area is 144 Å². The maximum absolute atomic E-state index is 11.8. The van der Waals surface area contributed by atoms with E-state index in [1.807, 2.05) is 42.1 Å². The monoisotopic (exact) mass is 341 g/mol. The van der Waals surface area contributed by atoms with E-state index in [9.17, 15) is 4.79 Å². The van der Waals surface area contributed by atoms with Crippen LogP contribution in [-0.2, 0) is 11.8 Å². The smallest absolute Gasteiger partial charge is 0.277 e. The maximum Gasteiger partial charge on any atom is 0.277 e. The zero-order valence-corrected chi connectivity index (χ0v) is 13.8. The quantitative estimate of drug-likeness (QED) is 0.571. The molecule has 2 aromatic carbocycles. The molecule has 0 saturated heterocycles. The molecule has 0 fully saturated rings. The van der Waals surface area contributed by atoms with E-state index in [1.165, 1.54) is 0 Å². The molecule has 0 saturated carbocycles. The number of amides is 1. The number of hydrogen-bond donors (Lipinski definition) is 1. The fourth-order valence-corrected chi connectivity index (χ4v) is 2.57. The second-order valence-electron chi connectivity index (χ2n) is 5.25. The summed E-state index contributed by atoms with van der Waals surface area (Å²) in [5.41, 5.74) is 4.49. The predicted octanol–water partition coefficient (Wildman–Crippen LogP) is 3.36. The Morgan fingerprint density at radius 1 is 1.29 bits per heavy atom. The van der Waals surface area contributed by atoms with Gasteiger partial charge in [-0.2, -0.15) is 5.10 Å². The first kappa shape index (κ1) is 16.1. The van der Waals surface area contributed by atoms with E-state index >= 15 is 0 Å². The summed E-state index contributed by atoms with van der Waals surface area (Å²) in [5.74, 6) is 0.196. The highest BCUT2D eigenvalue weighted by Crippen LogP contribution is 2.18. The standard InChI is InChI=1S/C18H16ClN3O2/c1-22-11-13(16-7-2-3-8-17(16)22)10-20-21-18(23)12-24-15-6-4-5-14(19)9-15/h2-11H,12H2,1H3,(H,21,23)/b20-10+. The minimum Gasteiger partial charge on any atom is -0.484 e. The lowest BCUT2D eigenvalue weighted by atomic mass is 10.2. The van der Waals surface area contributed by atoms with Crippen molar-refractivity contribution < 1.29 is 9.53 Å². The van der Waals surface area contributed by atoms with Crippen molar-refractivity contribution >= 4 is 34.6 Å². The van der Waals surface area contributed by atoms with E-state index in [0.29, 0.717) is 10.8 Å². The first-order valence-corrected chi connectivity index (χ1v) is 7.75. The van der Waals surface area contributed by atoms with Crippen molar-refractivity contribution in [2.75, 3.05) is 6.61 Å². The van der Waals surface area contributed by atoms with Crippen molar-refractivity contribution in [2.24, 2.45) is 12.1 Å². The van der Waals surface area contributed by atoms with Crippen molar-refractivity contribution in [1.82, 2.24) is 9.99 Å². The highest BCUT2D eigenvalue weighted by Gasteiger charge is 2.04. The number of rotatable bonds is 5. The SMILES string of the molecule is Cn1cc(/C=N/NC(=O)COc2cccc(Cl)c2)c2ccccc21. The lowest BCUT2D eigenvalue weighted by Gasteiger charge is -2.04. The molecule has 0 aliphatic rings. The van der Waals surface area contributed by atoms with Gasteiger partial charge in [0.2, 0.25) is 0 Å². The first-order chi connectivity index (χ1) is 11.6. The summed E-state index contributed by atoms with van der Waals surface area (Å²) in [7, 11) is 1.97. The summed E-state index contributed by atoms with van der Waals surface area (Å²) < 4.78 is 7.37. The van der Waals surface area contributed by atoms with E-state index in [0.717, 1.165) is 16.5 Å². The van der Waals surface area contributed by atoms with Crippen LogP contribution >= 0.6 is 11.6 Å². The van der Waals surface area contributed by atoms with Gasteiger partial charge in [0.15, 0.2) is 6.61 Å². The number of benzene rings is 2. The Kier molecular flexibility index (Phi) is 4.82. The molecule has 3 rings (SSSR count). The van der Waals surface area contributed by atoms with Gasteiger partial charge in [0.1, 0.15) is 5.75 Å². The third kappa shape index (κ3) is 3.75. The average Bonchev–Trinajstić information content (AvgIpc) is 2.90. The van der Waals surface area contributed by atoms with Gasteiger partial charge in [-0.15, -0.1) is 0 Å². The summed E-state index contributed by atoms with van der Waals surface area (Å²) in [6, 6.07) is 14.9. The molecule has 0 aliphatic carbocycles. The molecule has 0 radical (unpaired) electrons. The maximum atomic E-state index is 11.8. The van der Waals surface area contributed by atoms with Crippen LogP contribution in [-0.4, -0.2) is 23.3 Å². The van der Waals surface area contributed by atoms with E-state index in [1.54, 1.807) is 30.5 Å². The molecular weight excluding hydrogens is 326 g/mol. The normalized spacial score (nSPS) is 11.1. The molecule has 1 N–H and O–H groups in total. The van der Waals surface area contributed by atoms with Gasteiger partial charge in [0.25, 0.3) is 5.91 Å². The van der Waals surface area contributed by atoms with Gasteiger partial charge in [-0.25, -0.2) is 5.43 Å². The van der Waals surface area contributed by atoms with Crippen LogP contribution in [0.4, 0.5) is 0 Å². The summed E-state index contributed by atoms with van der Waals surface area (Å²) in [6.07, 6.45) is 3.59. The summed E-state index contributed by atoms with van der Waals surface area (Å²) in [6.45, 7) is -0.132. The molecule has 5 nitrogen and oxygen atoms in total. The largest absolute Gasteiger partial charge is 0.484 e. The van der Waals surface area contributed by atoms with E-state index in [4.69, 9.17) is 16.3 Å². The minimum absolute atomic E-state index is 0.132. The van der Waals surface area contributed by atoms with Gasteiger partial charge in [-0.1, -0.05) is 35.9 Å². The topological polar surface area (TPSA) is 55.6 Å². The number of ether oxygens (including phenoxy) is 1. The number of para-hydroxylation sites is 1. The van der Waals surface area contributed by atoms with Crippen LogP contribution in [0.1, 0.15) is 5.56 Å². The number of carbonyl (C=O) groups excluding carboxylic acids is 1. The second kappa shape index (κ2) is 7.19. The average molecular weight is 342 g/mol. The van der Waals surface area contributed by atoms with Crippen molar-refractivity contribution in [2.45, 2.75) is 0 Å². The summed E-state index contributed by atoms with van der Waals surface area (Å²) in [5, 5.41) is 5.63. The van der Waals surface area contributed by atoms with Gasteiger partial charge in [-0.05, 0) is 24.3 Å². The second-order valence-corrected chi connectivity index (χ2v) is 5.69. The van der Waals surface area contributed by atoms with Crippen molar-refractivity contribution in [3.8, 4) is 5.75 Å². The lowest BCUT2D eigenvalue weighted by molar-refractivity contribution is -0.123. The van der Waals surface area contributed by atoms with Gasteiger partial charge in [0.05, 0.1) is 6.21 Å². The molecule has 1 amide bonds. The molecule has 1 heterocycles. The van der Waals surface area contributed by atoms with Crippen molar-refractivity contribution in [1.29, 1.82) is 0 Å². The third-order valence-corrected chi connectivity index (χ3v) is 3.72. The number of fused-ring (bicyclic) bond motifs is 1. The number of carbonyl (C=O) groups is 1. The molecule has 0 atom stereocenters. The van der Waals surface area contributed by atoms with E-state index < -0.39 is 0 Å². The predicted molar refractivity (Wildman–Crippen MR) is 95.6 cm³/mol. The number of aromatic nitrogens is 1. The Bertz CT molecular complexity index is 902. The molecule has 0 bridgehead atoms. The number of nitrogens with one attached hydrogen (secondary N) is 1. The Balaban J connectivity index is 1.58. The van der Waals surface area contributed by atoms with Crippen LogP contribution < -0.4 is 10.2 Å². The number of halogens is 1. The zero-order valence-electron chi connectivity index (χ0n) is 13.1. The van der Waals surface area contributed by atoms with E-state index in [2.05, 4.69) is 10.5 Å². The lowest BCUT2D eigenvalue weighted by Crippen LogP contribution is -2.24. The highest BCUT2D eigenvalue weighted by atomic mass is 35.5. The molecule has 0 unspecified atom stereocenters. The van der Waals surface area contributed by atoms with Crippen LogP contribution in [0.3, 0.4) is 0 Å². The number of hydrogen-bond acceptors (Lipinski definition) is 3. The summed E-state index contributed by atoms with van der Waals surface area (Å²) in [4.78, 5) is 11.8. The fourth-order valence-electron chi connectivity index (χ4n) is 2.39. The Morgan fingerprint density at radius 3 is 2.96 bits per heavy atom. The van der Waals surface area contributed by atoms with Crippen LogP contribution in [0.5, 0.6) is 5.75 Å². The van der Waals surface area contributed by atoms with E-state index in [-0.39, 0.29) is 12.5 Å². The molecule has 6 heteroatoms. The Hall–Kier alpha value is -2.79. The number of aryl methyl sites for hydroxylation is 1. The van der Waals surface area contributed by atoms with Crippen LogP contribution in [0.25, 0.3) is 10.9 Å². The van der Waals surface area contributed by atoms with Crippen LogP contribution in [0.2, 0.25) is 5.02 Å². The highest BCUT2D eigenvalue weighted by molar-refractivity contribution is 6.30. The molecule has 24 heavy (non-hydrogen) atoms.